The van der Waals surface area contributed by atoms with Crippen LogP contribution in [0, 0.1) is 95.2 Å². The van der Waals surface area contributed by atoms with Crippen molar-refractivity contribution in [2.45, 2.75) is 140 Å². The van der Waals surface area contributed by atoms with E-state index in [9.17, 15) is 63.1 Å². The number of hydrogen-bond donors (Lipinski definition) is 8. The molecule has 22 heteroatoms. The summed E-state index contributed by atoms with van der Waals surface area (Å²) < 4.78 is 64.5. The Balaban J connectivity index is 2.97. The standard InChI is InChI=1S/C42H51O19P3/c1-3-5-7-9-11-13-15-17-19-20-22-24-26-28-30-35(43)56-32-34(58-36(44)31-29-27-25-23-21-18-16-14-12-10-8-6-4-2)33-57-64(54,55)61-40-37(45)38(46)41(59-62(48,49)50)42(39(40)47)60-63(51,52)53/h1,34,37-42,45-47H,4,6,8,10,12,14,16,18,21,23,25,27,29,31-33H2,2H3,(H,54,55)(H2,48,49,50)(H2,51,52,53)/t34-,37+,38?,39?,40?,41+,42+/m1/s1. The molecule has 0 amide bonds. The normalized spacial score (nSPS) is 20.1. The number of phosphoric ester groups is 3. The quantitative estimate of drug-likeness (QED) is 0.0203. The third kappa shape index (κ3) is 28.4. The largest absolute Gasteiger partial charge is 0.472 e. The minimum absolute atomic E-state index is 0.0868. The van der Waals surface area contributed by atoms with E-state index in [0.29, 0.717) is 12.8 Å². The molecule has 64 heavy (non-hydrogen) atoms. The van der Waals surface area contributed by atoms with Gasteiger partial charge in [0.05, 0.1) is 6.61 Å². The van der Waals surface area contributed by atoms with E-state index in [1.807, 2.05) is 5.92 Å². The van der Waals surface area contributed by atoms with Gasteiger partial charge >= 0.3 is 35.4 Å². The number of unbranched alkanes of at least 4 members (excludes halogenated alkanes) is 12. The van der Waals surface area contributed by atoms with Crippen molar-refractivity contribution in [3.63, 3.8) is 0 Å². The predicted molar refractivity (Wildman–Crippen MR) is 227 cm³/mol. The molecule has 0 spiro atoms. The molecule has 0 heterocycles. The highest BCUT2D eigenvalue weighted by molar-refractivity contribution is 7.47. The number of esters is 2. The van der Waals surface area contributed by atoms with Gasteiger partial charge in [0.1, 0.15) is 43.2 Å². The molecule has 1 aliphatic carbocycles. The Morgan fingerprint density at radius 1 is 0.547 bits per heavy atom. The first-order valence-corrected chi connectivity index (χ1v) is 24.4. The Bertz CT molecular complexity index is 2160. The van der Waals surface area contributed by atoms with Crippen LogP contribution in [-0.4, -0.2) is 108 Å². The molecular weight excluding hydrogens is 901 g/mol. The summed E-state index contributed by atoms with van der Waals surface area (Å²) in [5, 5.41) is 31.7. The van der Waals surface area contributed by atoms with Gasteiger partial charge in [0, 0.05) is 12.3 Å². The summed E-state index contributed by atoms with van der Waals surface area (Å²) in [7, 11) is -16.8. The van der Waals surface area contributed by atoms with Crippen molar-refractivity contribution >= 4 is 35.4 Å². The average molecular weight is 953 g/mol. The fourth-order valence-corrected chi connectivity index (χ4v) is 7.63. The zero-order valence-electron chi connectivity index (χ0n) is 34.8. The maximum atomic E-state index is 13.0. The van der Waals surface area contributed by atoms with E-state index < -0.39 is 91.3 Å². The lowest BCUT2D eigenvalue weighted by molar-refractivity contribution is -0.213. The fourth-order valence-electron chi connectivity index (χ4n) is 5.53. The van der Waals surface area contributed by atoms with Gasteiger partial charge < -0.3 is 49.3 Å². The number of carbonyl (C=O) groups is 2. The maximum absolute atomic E-state index is 13.0. The third-order valence-corrected chi connectivity index (χ3v) is 10.4. The molecule has 19 nitrogen and oxygen atoms in total. The van der Waals surface area contributed by atoms with Gasteiger partial charge in [-0.3, -0.25) is 22.9 Å². The molecule has 0 saturated heterocycles. The molecule has 1 rings (SSSR count). The second-order valence-electron chi connectivity index (χ2n) is 13.5. The van der Waals surface area contributed by atoms with Gasteiger partial charge in [-0.1, -0.05) is 84.0 Å². The number of rotatable bonds is 26. The van der Waals surface area contributed by atoms with Gasteiger partial charge in [-0.25, -0.2) is 18.5 Å². The van der Waals surface area contributed by atoms with Crippen molar-refractivity contribution in [3.05, 3.63) is 0 Å². The van der Waals surface area contributed by atoms with Crippen LogP contribution >= 0.6 is 23.5 Å². The Morgan fingerprint density at radius 2 is 0.953 bits per heavy atom. The van der Waals surface area contributed by atoms with Crippen LogP contribution in [0.4, 0.5) is 0 Å². The molecule has 0 aromatic carbocycles. The van der Waals surface area contributed by atoms with E-state index in [1.165, 1.54) is 44.9 Å². The highest BCUT2D eigenvalue weighted by atomic mass is 31.2. The van der Waals surface area contributed by atoms with Crippen molar-refractivity contribution in [1.29, 1.82) is 0 Å². The van der Waals surface area contributed by atoms with Crippen molar-refractivity contribution in [1.82, 2.24) is 0 Å². The first kappa shape index (κ1) is 57.6. The third-order valence-electron chi connectivity index (χ3n) is 8.39. The summed E-state index contributed by atoms with van der Waals surface area (Å²) in [6, 6.07) is 0. The maximum Gasteiger partial charge on any atom is 0.472 e. The molecule has 1 aliphatic rings. The average Bonchev–Trinajstić information content (AvgIpc) is 3.22. The Labute approximate surface area is 373 Å². The number of aliphatic hydroxyl groups excluding tert-OH is 3. The molecule has 0 aliphatic heterocycles. The van der Waals surface area contributed by atoms with E-state index in [4.69, 9.17) is 24.9 Å². The van der Waals surface area contributed by atoms with Gasteiger partial charge in [-0.15, -0.1) is 6.42 Å². The molecule has 0 radical (unpaired) electrons. The topological polar surface area (TPSA) is 303 Å². The minimum Gasteiger partial charge on any atom is -0.456 e. The zero-order valence-corrected chi connectivity index (χ0v) is 37.5. The highest BCUT2D eigenvalue weighted by Gasteiger charge is 2.56. The molecular formula is C42H51O19P3. The number of carbonyl (C=O) groups excluding carboxylic acids is 2. The molecule has 0 bridgehead atoms. The van der Waals surface area contributed by atoms with Gasteiger partial charge in [0.15, 0.2) is 6.10 Å². The number of phosphoric acid groups is 3. The number of aliphatic hydroxyl groups is 3. The summed E-state index contributed by atoms with van der Waals surface area (Å²) >= 11 is 0. The van der Waals surface area contributed by atoms with Gasteiger partial charge in [0.2, 0.25) is 0 Å². The second-order valence-corrected chi connectivity index (χ2v) is 17.3. The smallest absolute Gasteiger partial charge is 0.456 e. The summed E-state index contributed by atoms with van der Waals surface area (Å²) in [6.45, 7) is 0.344. The fraction of sp³-hybridized carbons (Fsp3) is 0.571. The molecule has 0 aromatic heterocycles. The van der Waals surface area contributed by atoms with E-state index >= 15 is 0 Å². The lowest BCUT2D eigenvalue weighted by Gasteiger charge is -2.44. The van der Waals surface area contributed by atoms with Gasteiger partial charge in [-0.05, 0) is 89.3 Å². The van der Waals surface area contributed by atoms with E-state index in [0.717, 1.165) is 25.7 Å². The summed E-state index contributed by atoms with van der Waals surface area (Å²) in [6.07, 6.45) is 1.80. The molecule has 1 fully saturated rings. The van der Waals surface area contributed by atoms with Gasteiger partial charge in [-0.2, -0.15) is 0 Å². The predicted octanol–water partition coefficient (Wildman–Crippen LogP) is 2.13. The van der Waals surface area contributed by atoms with Crippen LogP contribution in [0.3, 0.4) is 0 Å². The van der Waals surface area contributed by atoms with Crippen molar-refractivity contribution in [3.8, 4) is 95.2 Å². The first-order chi connectivity index (χ1) is 30.3. The molecule has 0 aromatic rings. The Morgan fingerprint density at radius 3 is 1.41 bits per heavy atom. The van der Waals surface area contributed by atoms with Crippen LogP contribution in [0.1, 0.15) is 96.8 Å². The van der Waals surface area contributed by atoms with Crippen LogP contribution in [0.15, 0.2) is 0 Å². The zero-order chi connectivity index (χ0) is 47.9. The SMILES string of the molecule is C#CC#CC#CC#CC#CC#CC#CC#CC(=O)OC[C@H](COP(=O)(O)OC1C(O)[C@H](OP(=O)(O)O)[C@@H](OP(=O)(O)O)C(O)[C@@H]1O)OC(=O)CCCCCCCCCCCCCCC. The second kappa shape index (κ2) is 32.3. The van der Waals surface area contributed by atoms with Crippen molar-refractivity contribution in [2.75, 3.05) is 13.2 Å². The van der Waals surface area contributed by atoms with E-state index in [1.54, 1.807) is 0 Å². The Kier molecular flexibility index (Phi) is 29.1. The molecule has 8 N–H and O–H groups in total. The lowest BCUT2D eigenvalue weighted by Crippen LogP contribution is -2.65. The Hall–Kier alpha value is -4.37. The molecule has 8 atom stereocenters. The highest BCUT2D eigenvalue weighted by Crippen LogP contribution is 2.51. The lowest BCUT2D eigenvalue weighted by atomic mass is 9.85. The summed E-state index contributed by atoms with van der Waals surface area (Å²) in [5.74, 6) is 32.5. The molecule has 4 unspecified atom stereocenters. The number of terminal acetylenes is 1. The van der Waals surface area contributed by atoms with Crippen LogP contribution in [0.5, 0.6) is 0 Å². The van der Waals surface area contributed by atoms with Crippen LogP contribution in [0.25, 0.3) is 0 Å². The monoisotopic (exact) mass is 952 g/mol. The van der Waals surface area contributed by atoms with Crippen molar-refractivity contribution in [2.24, 2.45) is 0 Å². The van der Waals surface area contributed by atoms with E-state index in [2.05, 4.69) is 98.9 Å². The van der Waals surface area contributed by atoms with Crippen LogP contribution < -0.4 is 0 Å². The minimum atomic E-state index is -5.64. The molecule has 1 saturated carbocycles. The van der Waals surface area contributed by atoms with Gasteiger partial charge in [0.25, 0.3) is 0 Å². The number of ether oxygens (including phenoxy) is 2. The molecule has 348 valence electrons. The number of hydrogen-bond acceptors (Lipinski definition) is 14. The van der Waals surface area contributed by atoms with Crippen LogP contribution in [-0.2, 0) is 50.9 Å². The van der Waals surface area contributed by atoms with E-state index in [-0.39, 0.29) is 6.42 Å². The van der Waals surface area contributed by atoms with Crippen molar-refractivity contribution < 1.29 is 90.6 Å². The first-order valence-electron chi connectivity index (χ1n) is 19.8. The summed E-state index contributed by atoms with van der Waals surface area (Å²) in [5.41, 5.74) is 0. The van der Waals surface area contributed by atoms with Crippen LogP contribution in [0.2, 0.25) is 0 Å². The summed E-state index contributed by atoms with van der Waals surface area (Å²) in [4.78, 5) is 72.5.